The van der Waals surface area contributed by atoms with Gasteiger partial charge in [0.2, 0.25) is 5.88 Å². The molecule has 3 rings (SSSR count). The van der Waals surface area contributed by atoms with E-state index in [0.29, 0.717) is 24.2 Å². The van der Waals surface area contributed by atoms with Crippen molar-refractivity contribution in [2.45, 2.75) is 25.3 Å². The van der Waals surface area contributed by atoms with Gasteiger partial charge in [-0.3, -0.25) is 4.98 Å². The summed E-state index contributed by atoms with van der Waals surface area (Å²) in [5.74, 6) is 1.36. The van der Waals surface area contributed by atoms with Crippen LogP contribution in [0.1, 0.15) is 24.8 Å². The van der Waals surface area contributed by atoms with E-state index in [4.69, 9.17) is 4.74 Å². The van der Waals surface area contributed by atoms with Gasteiger partial charge in [0.05, 0.1) is 19.0 Å². The highest BCUT2D eigenvalue weighted by molar-refractivity contribution is 5.41. The zero-order valence-corrected chi connectivity index (χ0v) is 11.2. The summed E-state index contributed by atoms with van der Waals surface area (Å²) in [6, 6.07) is 7.04. The van der Waals surface area contributed by atoms with Gasteiger partial charge in [-0.05, 0) is 31.0 Å². The van der Waals surface area contributed by atoms with Crippen LogP contribution in [0.25, 0.3) is 0 Å². The lowest BCUT2D eigenvalue weighted by Crippen LogP contribution is -2.07. The number of nitrogens with zero attached hydrogens (tertiary/aromatic N) is 2. The molecule has 1 N–H and O–H groups in total. The Balaban J connectivity index is 1.64. The third-order valence-corrected chi connectivity index (χ3v) is 3.31. The number of nitrogens with one attached hydrogen (secondary N) is 1. The van der Waals surface area contributed by atoms with Crippen molar-refractivity contribution in [3.8, 4) is 5.88 Å². The first-order valence-corrected chi connectivity index (χ1v) is 6.73. The van der Waals surface area contributed by atoms with Crippen molar-refractivity contribution in [3.05, 3.63) is 48.0 Å². The van der Waals surface area contributed by atoms with E-state index in [9.17, 15) is 4.39 Å². The standard InChI is InChI=1S/C15H16FN3O/c1-2-20-15-9-17-8-14(19-15)18-13-7-12(13)10-4-3-5-11(16)6-10/h3-6,8-9,12-13H,2,7H2,1H3,(H,18,19)/t12-,13+/m0/s1. The van der Waals surface area contributed by atoms with Crippen LogP contribution in [0.3, 0.4) is 0 Å². The molecule has 2 atom stereocenters. The zero-order valence-electron chi connectivity index (χ0n) is 11.2. The van der Waals surface area contributed by atoms with Gasteiger partial charge in [0.1, 0.15) is 11.6 Å². The number of hydrogen-bond acceptors (Lipinski definition) is 4. The summed E-state index contributed by atoms with van der Waals surface area (Å²) in [7, 11) is 0. The van der Waals surface area contributed by atoms with Gasteiger partial charge < -0.3 is 10.1 Å². The molecule has 0 radical (unpaired) electrons. The molecule has 0 aliphatic heterocycles. The number of hydrogen-bond donors (Lipinski definition) is 1. The molecule has 0 spiro atoms. The van der Waals surface area contributed by atoms with Crippen LogP contribution < -0.4 is 10.1 Å². The summed E-state index contributed by atoms with van der Waals surface area (Å²) in [4.78, 5) is 8.40. The topological polar surface area (TPSA) is 47.0 Å². The molecule has 0 amide bonds. The number of rotatable bonds is 5. The minimum Gasteiger partial charge on any atom is -0.477 e. The Bertz CT molecular complexity index is 605. The predicted molar refractivity (Wildman–Crippen MR) is 74.4 cm³/mol. The minimum atomic E-state index is -0.189. The van der Waals surface area contributed by atoms with Crippen molar-refractivity contribution in [2.75, 3.05) is 11.9 Å². The highest BCUT2D eigenvalue weighted by atomic mass is 19.1. The first-order chi connectivity index (χ1) is 9.76. The quantitative estimate of drug-likeness (QED) is 0.909. The van der Waals surface area contributed by atoms with Gasteiger partial charge in [-0.1, -0.05) is 12.1 Å². The second kappa shape index (κ2) is 5.45. The smallest absolute Gasteiger partial charge is 0.234 e. The normalized spacial score (nSPS) is 20.5. The number of anilines is 1. The largest absolute Gasteiger partial charge is 0.477 e. The molecule has 0 saturated heterocycles. The van der Waals surface area contributed by atoms with E-state index in [1.165, 1.54) is 6.07 Å². The average Bonchev–Trinajstić information content (AvgIpc) is 3.19. The molecular weight excluding hydrogens is 257 g/mol. The average molecular weight is 273 g/mol. The highest BCUT2D eigenvalue weighted by Gasteiger charge is 2.38. The molecule has 4 nitrogen and oxygen atoms in total. The lowest BCUT2D eigenvalue weighted by Gasteiger charge is -2.07. The van der Waals surface area contributed by atoms with Crippen molar-refractivity contribution in [2.24, 2.45) is 0 Å². The summed E-state index contributed by atoms with van der Waals surface area (Å²) < 4.78 is 18.5. The summed E-state index contributed by atoms with van der Waals surface area (Å²) in [6.07, 6.45) is 4.24. The molecule has 1 fully saturated rings. The van der Waals surface area contributed by atoms with Crippen LogP contribution in [0, 0.1) is 5.82 Å². The van der Waals surface area contributed by atoms with E-state index < -0.39 is 0 Å². The summed E-state index contributed by atoms with van der Waals surface area (Å²) >= 11 is 0. The second-order valence-electron chi connectivity index (χ2n) is 4.82. The minimum absolute atomic E-state index is 0.189. The van der Waals surface area contributed by atoms with Crippen LogP contribution in [-0.4, -0.2) is 22.6 Å². The fourth-order valence-electron chi connectivity index (χ4n) is 2.29. The second-order valence-corrected chi connectivity index (χ2v) is 4.82. The zero-order chi connectivity index (χ0) is 13.9. The number of halogens is 1. The summed E-state index contributed by atoms with van der Waals surface area (Å²) in [5.41, 5.74) is 1.02. The maximum atomic E-state index is 13.2. The molecule has 0 bridgehead atoms. The van der Waals surface area contributed by atoms with Gasteiger partial charge in [0.25, 0.3) is 0 Å². The Morgan fingerprint density at radius 1 is 1.40 bits per heavy atom. The molecule has 5 heteroatoms. The van der Waals surface area contributed by atoms with Crippen LogP contribution in [0.4, 0.5) is 10.2 Å². The highest BCUT2D eigenvalue weighted by Crippen LogP contribution is 2.42. The van der Waals surface area contributed by atoms with Gasteiger partial charge in [0.15, 0.2) is 0 Å². The molecule has 20 heavy (non-hydrogen) atoms. The predicted octanol–water partition coefficient (Wildman–Crippen LogP) is 2.98. The third-order valence-electron chi connectivity index (χ3n) is 3.31. The van der Waals surface area contributed by atoms with E-state index in [1.54, 1.807) is 24.5 Å². The molecule has 1 aromatic heterocycles. The SMILES string of the molecule is CCOc1cncc(N[C@@H]2C[C@H]2c2cccc(F)c2)n1. The van der Waals surface area contributed by atoms with E-state index >= 15 is 0 Å². The lowest BCUT2D eigenvalue weighted by molar-refractivity contribution is 0.325. The molecule has 1 aromatic carbocycles. The van der Waals surface area contributed by atoms with Crippen molar-refractivity contribution in [1.29, 1.82) is 0 Å². The Hall–Kier alpha value is -2.17. The number of aromatic nitrogens is 2. The Morgan fingerprint density at radius 3 is 3.10 bits per heavy atom. The van der Waals surface area contributed by atoms with Gasteiger partial charge in [-0.2, -0.15) is 4.98 Å². The maximum Gasteiger partial charge on any atom is 0.234 e. The Labute approximate surface area is 117 Å². The van der Waals surface area contributed by atoms with Crippen LogP contribution in [0.5, 0.6) is 5.88 Å². The lowest BCUT2D eigenvalue weighted by atomic mass is 10.1. The summed E-state index contributed by atoms with van der Waals surface area (Å²) in [5, 5.41) is 3.31. The van der Waals surface area contributed by atoms with Crippen LogP contribution >= 0.6 is 0 Å². The van der Waals surface area contributed by atoms with Crippen molar-refractivity contribution in [1.82, 2.24) is 9.97 Å². The molecule has 1 saturated carbocycles. The fraction of sp³-hybridized carbons (Fsp3) is 0.333. The Morgan fingerprint density at radius 2 is 2.30 bits per heavy atom. The van der Waals surface area contributed by atoms with E-state index in [-0.39, 0.29) is 11.9 Å². The molecular formula is C15H16FN3O. The summed E-state index contributed by atoms with van der Waals surface area (Å²) in [6.45, 7) is 2.47. The number of benzene rings is 1. The fourth-order valence-corrected chi connectivity index (χ4v) is 2.29. The third kappa shape index (κ3) is 2.87. The van der Waals surface area contributed by atoms with E-state index in [1.807, 2.05) is 13.0 Å². The maximum absolute atomic E-state index is 13.2. The van der Waals surface area contributed by atoms with E-state index in [0.717, 1.165) is 12.0 Å². The molecule has 1 aliphatic rings. The number of ether oxygens (including phenoxy) is 1. The molecule has 0 unspecified atom stereocenters. The van der Waals surface area contributed by atoms with Crippen LogP contribution in [0.15, 0.2) is 36.7 Å². The van der Waals surface area contributed by atoms with Crippen LogP contribution in [0.2, 0.25) is 0 Å². The van der Waals surface area contributed by atoms with Crippen molar-refractivity contribution < 1.29 is 9.13 Å². The molecule has 1 aliphatic carbocycles. The van der Waals surface area contributed by atoms with Gasteiger partial charge in [-0.15, -0.1) is 0 Å². The first kappa shape index (κ1) is 12.8. The van der Waals surface area contributed by atoms with Gasteiger partial charge in [-0.25, -0.2) is 4.39 Å². The van der Waals surface area contributed by atoms with E-state index in [2.05, 4.69) is 15.3 Å². The first-order valence-electron chi connectivity index (χ1n) is 6.73. The monoisotopic (exact) mass is 273 g/mol. The molecule has 1 heterocycles. The van der Waals surface area contributed by atoms with Crippen LogP contribution in [-0.2, 0) is 0 Å². The Kier molecular flexibility index (Phi) is 3.50. The van der Waals surface area contributed by atoms with Crippen molar-refractivity contribution in [3.63, 3.8) is 0 Å². The molecule has 2 aromatic rings. The van der Waals surface area contributed by atoms with Gasteiger partial charge >= 0.3 is 0 Å². The molecule has 104 valence electrons. The van der Waals surface area contributed by atoms with Crippen molar-refractivity contribution >= 4 is 5.82 Å². The van der Waals surface area contributed by atoms with Gasteiger partial charge in [0, 0.05) is 12.0 Å².